The molecule has 8 nitrogen and oxygen atoms in total. The predicted octanol–water partition coefficient (Wildman–Crippen LogP) is 6.75. The number of nitrogens with zero attached hydrogens (tertiary/aromatic N) is 2. The zero-order valence-electron chi connectivity index (χ0n) is 21.9. The van der Waals surface area contributed by atoms with E-state index in [0.29, 0.717) is 42.1 Å². The molecule has 11 heteroatoms. The van der Waals surface area contributed by atoms with Crippen molar-refractivity contribution in [2.24, 2.45) is 5.92 Å². The van der Waals surface area contributed by atoms with E-state index in [1.807, 2.05) is 17.5 Å². The number of methoxy groups -OCH3 is 1. The first-order chi connectivity index (χ1) is 18.9. The van der Waals surface area contributed by atoms with Crippen molar-refractivity contribution in [3.63, 3.8) is 0 Å². The second-order valence-corrected chi connectivity index (χ2v) is 11.0. The van der Waals surface area contributed by atoms with Crippen molar-refractivity contribution < 1.29 is 28.5 Å². The number of anilines is 2. The molecule has 0 aliphatic carbocycles. The molecule has 0 radical (unpaired) electrons. The van der Waals surface area contributed by atoms with Gasteiger partial charge in [0, 0.05) is 34.2 Å². The molecule has 3 aromatic heterocycles. The first-order valence-electron chi connectivity index (χ1n) is 12.4. The first kappa shape index (κ1) is 28.6. The van der Waals surface area contributed by atoms with Crippen LogP contribution in [0.15, 0.2) is 48.0 Å². The van der Waals surface area contributed by atoms with Crippen LogP contribution < -0.4 is 10.1 Å². The summed E-state index contributed by atoms with van der Waals surface area (Å²) < 4.78 is 30.7. The van der Waals surface area contributed by atoms with E-state index in [2.05, 4.69) is 24.1 Å². The number of carboxylic acid groups (broad SMARTS) is 1. The molecule has 206 valence electrons. The van der Waals surface area contributed by atoms with E-state index in [-0.39, 0.29) is 23.7 Å². The maximum absolute atomic E-state index is 14.9. The number of thiophene rings is 1. The Kier molecular flexibility index (Phi) is 9.99. The van der Waals surface area contributed by atoms with Crippen LogP contribution in [0.5, 0.6) is 5.75 Å². The molecule has 0 saturated heterocycles. The number of hydrogen-bond donors (Lipinski definition) is 2. The number of thiazole rings is 1. The third-order valence-electron chi connectivity index (χ3n) is 5.56. The fourth-order valence-electron chi connectivity index (χ4n) is 3.77. The molecule has 0 spiro atoms. The molecular formula is C28H30FN3O5S2. The fraction of sp³-hybridized carbons (Fsp3) is 0.321. The standard InChI is InChI=1S/C28H30FN3O5S2/c1-17(2)13-24-25(18-6-7-22(21(29)15-18)37-11-10-36-9-8-35-3)31-28(39-24)32-26-20(27(33)34)14-19(16-30-26)23-5-4-12-38-23/h4-7,12,14-17H,8-11,13H2,1-3H3,(H,33,34)(H,30,31,32). The van der Waals surface area contributed by atoms with Gasteiger partial charge in [-0.05, 0) is 48.1 Å². The van der Waals surface area contributed by atoms with Gasteiger partial charge >= 0.3 is 5.97 Å². The Morgan fingerprint density at radius 2 is 1.95 bits per heavy atom. The number of benzene rings is 1. The average Bonchev–Trinajstić information content (AvgIpc) is 3.57. The lowest BCUT2D eigenvalue weighted by molar-refractivity contribution is 0.0538. The van der Waals surface area contributed by atoms with E-state index >= 15 is 0 Å². The van der Waals surface area contributed by atoms with E-state index in [4.69, 9.17) is 19.2 Å². The maximum atomic E-state index is 14.9. The molecule has 4 aromatic rings. The van der Waals surface area contributed by atoms with Gasteiger partial charge in [0.2, 0.25) is 0 Å². The van der Waals surface area contributed by atoms with Gasteiger partial charge in [-0.2, -0.15) is 0 Å². The van der Waals surface area contributed by atoms with Gasteiger partial charge in [-0.1, -0.05) is 19.9 Å². The second-order valence-electron chi connectivity index (χ2n) is 9.02. The largest absolute Gasteiger partial charge is 0.488 e. The number of nitrogens with one attached hydrogen (secondary N) is 1. The Bertz CT molecular complexity index is 1390. The van der Waals surface area contributed by atoms with Gasteiger partial charge in [-0.25, -0.2) is 19.2 Å². The third kappa shape index (κ3) is 7.60. The number of ether oxygens (including phenoxy) is 3. The third-order valence-corrected chi connectivity index (χ3v) is 7.47. The summed E-state index contributed by atoms with van der Waals surface area (Å²) in [5, 5.41) is 15.3. The molecule has 39 heavy (non-hydrogen) atoms. The number of rotatable bonds is 14. The molecule has 0 saturated carbocycles. The quantitative estimate of drug-likeness (QED) is 0.160. The molecule has 4 rings (SSSR count). The molecule has 0 unspecified atom stereocenters. The highest BCUT2D eigenvalue weighted by atomic mass is 32.1. The van der Waals surface area contributed by atoms with E-state index in [9.17, 15) is 14.3 Å². The SMILES string of the molecule is COCCOCCOc1ccc(-c2nc(Nc3ncc(-c4cccs4)cc3C(=O)O)sc2CC(C)C)cc1F. The van der Waals surface area contributed by atoms with Crippen LogP contribution in [0.3, 0.4) is 0 Å². The Balaban J connectivity index is 1.56. The smallest absolute Gasteiger partial charge is 0.339 e. The number of aromatic carboxylic acids is 1. The number of hydrogen-bond acceptors (Lipinski definition) is 9. The molecule has 0 fully saturated rings. The van der Waals surface area contributed by atoms with Crippen LogP contribution >= 0.6 is 22.7 Å². The predicted molar refractivity (Wildman–Crippen MR) is 152 cm³/mol. The van der Waals surface area contributed by atoms with Crippen LogP contribution in [0.4, 0.5) is 15.3 Å². The minimum atomic E-state index is -1.09. The monoisotopic (exact) mass is 571 g/mol. The Hall–Kier alpha value is -3.38. The summed E-state index contributed by atoms with van der Waals surface area (Å²) in [5.41, 5.74) is 2.02. The number of carbonyl (C=O) groups is 1. The highest BCUT2D eigenvalue weighted by molar-refractivity contribution is 7.16. The van der Waals surface area contributed by atoms with Crippen molar-refractivity contribution in [2.45, 2.75) is 20.3 Å². The number of halogens is 1. The summed E-state index contributed by atoms with van der Waals surface area (Å²) in [6.45, 7) is 5.66. The second kappa shape index (κ2) is 13.6. The number of aromatic nitrogens is 2. The van der Waals surface area contributed by atoms with Crippen molar-refractivity contribution in [2.75, 3.05) is 38.9 Å². The molecular weight excluding hydrogens is 541 g/mol. The molecule has 0 amide bonds. The minimum absolute atomic E-state index is 0.0433. The molecule has 2 N–H and O–H groups in total. The summed E-state index contributed by atoms with van der Waals surface area (Å²) in [7, 11) is 1.60. The Morgan fingerprint density at radius 1 is 1.13 bits per heavy atom. The lowest BCUT2D eigenvalue weighted by Gasteiger charge is -2.10. The van der Waals surface area contributed by atoms with Crippen LogP contribution in [0.1, 0.15) is 29.1 Å². The minimum Gasteiger partial charge on any atom is -0.488 e. The van der Waals surface area contributed by atoms with Gasteiger partial charge in [0.05, 0.1) is 25.5 Å². The van der Waals surface area contributed by atoms with E-state index in [1.54, 1.807) is 31.5 Å². The highest BCUT2D eigenvalue weighted by Crippen LogP contribution is 2.36. The summed E-state index contributed by atoms with van der Waals surface area (Å²) in [6.07, 6.45) is 2.37. The average molecular weight is 572 g/mol. The Labute approximate surface area is 234 Å². The molecule has 0 aliphatic heterocycles. The summed E-state index contributed by atoms with van der Waals surface area (Å²) in [5.74, 6) is -0.929. The molecule has 0 bridgehead atoms. The molecule has 1 aromatic carbocycles. The van der Waals surface area contributed by atoms with Gasteiger partial charge in [-0.3, -0.25) is 0 Å². The van der Waals surface area contributed by atoms with Crippen LogP contribution in [0.2, 0.25) is 0 Å². The zero-order valence-corrected chi connectivity index (χ0v) is 23.5. The lowest BCUT2D eigenvalue weighted by atomic mass is 10.0. The van der Waals surface area contributed by atoms with Crippen LogP contribution in [0, 0.1) is 11.7 Å². The fourth-order valence-corrected chi connectivity index (χ4v) is 5.67. The van der Waals surface area contributed by atoms with E-state index in [0.717, 1.165) is 21.7 Å². The van der Waals surface area contributed by atoms with Gasteiger partial charge in [0.1, 0.15) is 18.0 Å². The van der Waals surface area contributed by atoms with Crippen molar-refractivity contribution >= 4 is 39.6 Å². The normalized spacial score (nSPS) is 11.2. The van der Waals surface area contributed by atoms with Gasteiger partial charge in [0.25, 0.3) is 0 Å². The van der Waals surface area contributed by atoms with Crippen LogP contribution in [0.25, 0.3) is 21.7 Å². The van der Waals surface area contributed by atoms with Gasteiger partial charge in [0.15, 0.2) is 16.7 Å². The Morgan fingerprint density at radius 3 is 2.64 bits per heavy atom. The maximum Gasteiger partial charge on any atom is 0.339 e. The molecule has 0 atom stereocenters. The number of pyridine rings is 1. The number of carboxylic acids is 1. The summed E-state index contributed by atoms with van der Waals surface area (Å²) in [6, 6.07) is 10.2. The summed E-state index contributed by atoms with van der Waals surface area (Å²) >= 11 is 2.91. The van der Waals surface area contributed by atoms with E-state index < -0.39 is 11.8 Å². The van der Waals surface area contributed by atoms with Crippen molar-refractivity contribution in [3.8, 4) is 27.4 Å². The van der Waals surface area contributed by atoms with Crippen LogP contribution in [-0.4, -0.2) is 54.6 Å². The first-order valence-corrected chi connectivity index (χ1v) is 14.1. The van der Waals surface area contributed by atoms with E-state index in [1.165, 1.54) is 28.7 Å². The highest BCUT2D eigenvalue weighted by Gasteiger charge is 2.20. The summed E-state index contributed by atoms with van der Waals surface area (Å²) in [4.78, 5) is 23.0. The van der Waals surface area contributed by atoms with Crippen molar-refractivity contribution in [3.05, 3.63) is 64.2 Å². The lowest BCUT2D eigenvalue weighted by Crippen LogP contribution is -2.10. The molecule has 3 heterocycles. The van der Waals surface area contributed by atoms with Gasteiger partial charge in [-0.15, -0.1) is 22.7 Å². The topological polar surface area (TPSA) is 103 Å². The van der Waals surface area contributed by atoms with Gasteiger partial charge < -0.3 is 24.6 Å². The van der Waals surface area contributed by atoms with Crippen LogP contribution in [-0.2, 0) is 15.9 Å². The molecule has 0 aliphatic rings. The van der Waals surface area contributed by atoms with Crippen molar-refractivity contribution in [1.82, 2.24) is 9.97 Å². The zero-order chi connectivity index (χ0) is 27.8. The van der Waals surface area contributed by atoms with Crippen molar-refractivity contribution in [1.29, 1.82) is 0 Å².